The summed E-state index contributed by atoms with van der Waals surface area (Å²) < 4.78 is 64.4. The number of aromatic nitrogens is 3. The van der Waals surface area contributed by atoms with Gasteiger partial charge in [-0.15, -0.1) is 0 Å². The van der Waals surface area contributed by atoms with Gasteiger partial charge >= 0.3 is 12.2 Å². The van der Waals surface area contributed by atoms with Crippen molar-refractivity contribution in [3.05, 3.63) is 45.5 Å². The van der Waals surface area contributed by atoms with Gasteiger partial charge in [0.2, 0.25) is 0 Å². The third-order valence-corrected chi connectivity index (χ3v) is 9.41. The SMILES string of the molecule is COc1nc2c(c(N3CC4CCC(C4)C3)n1)COC(c1nc(N)cc(Cl)c1C(F)(F)F)C2.F/C=C1/CC2CCCN2C1. The van der Waals surface area contributed by atoms with Gasteiger partial charge in [-0.1, -0.05) is 11.6 Å². The Hall–Kier alpha value is -2.70. The van der Waals surface area contributed by atoms with E-state index in [0.717, 1.165) is 55.4 Å². The van der Waals surface area contributed by atoms with Gasteiger partial charge in [0.15, 0.2) is 0 Å². The monoisotopic (exact) mass is 610 g/mol. The summed E-state index contributed by atoms with van der Waals surface area (Å²) in [5.41, 5.74) is 6.71. The van der Waals surface area contributed by atoms with Crippen LogP contribution in [0.15, 0.2) is 18.0 Å². The summed E-state index contributed by atoms with van der Waals surface area (Å²) in [6, 6.07) is 1.87. The molecule has 4 aliphatic heterocycles. The second-order valence-corrected chi connectivity index (χ2v) is 12.3. The van der Waals surface area contributed by atoms with E-state index >= 15 is 0 Å². The summed E-state index contributed by atoms with van der Waals surface area (Å²) in [7, 11) is 1.48. The molecule has 0 spiro atoms. The van der Waals surface area contributed by atoms with Gasteiger partial charge in [-0.3, -0.25) is 4.90 Å². The fraction of sp³-hybridized carbons (Fsp3) is 0.621. The second-order valence-electron chi connectivity index (χ2n) is 11.9. The molecule has 8 nitrogen and oxygen atoms in total. The average Bonchev–Trinajstić information content (AvgIpc) is 3.65. The number of piperidine rings is 1. The Labute approximate surface area is 247 Å². The lowest BCUT2D eigenvalue weighted by atomic mass is 9.96. The minimum Gasteiger partial charge on any atom is -0.467 e. The molecule has 42 heavy (non-hydrogen) atoms. The molecule has 2 aromatic heterocycles. The van der Waals surface area contributed by atoms with Crippen LogP contribution in [0.3, 0.4) is 0 Å². The third-order valence-electron chi connectivity index (χ3n) is 9.11. The zero-order valence-corrected chi connectivity index (χ0v) is 24.2. The molecule has 5 aliphatic rings. The number of anilines is 2. The highest BCUT2D eigenvalue weighted by molar-refractivity contribution is 6.31. The summed E-state index contributed by atoms with van der Waals surface area (Å²) in [5.74, 6) is 1.92. The number of ether oxygens (including phenoxy) is 2. The van der Waals surface area contributed by atoms with Gasteiger partial charge in [-0.25, -0.2) is 9.37 Å². The molecule has 7 rings (SSSR count). The minimum atomic E-state index is -4.70. The first kappa shape index (κ1) is 29.4. The number of nitrogen functional groups attached to an aromatic ring is 1. The molecule has 0 amide bonds. The summed E-state index contributed by atoms with van der Waals surface area (Å²) in [6.07, 6.45) is 2.41. The average molecular weight is 611 g/mol. The van der Waals surface area contributed by atoms with Crippen LogP contribution in [0.1, 0.15) is 67.1 Å². The highest BCUT2D eigenvalue weighted by Gasteiger charge is 2.42. The highest BCUT2D eigenvalue weighted by atomic mass is 35.5. The molecule has 1 aliphatic carbocycles. The first-order chi connectivity index (χ1) is 20.1. The molecule has 1 saturated carbocycles. The van der Waals surface area contributed by atoms with E-state index in [4.69, 9.17) is 26.8 Å². The number of nitrogens with zero attached hydrogens (tertiary/aromatic N) is 5. The lowest BCUT2D eigenvalue weighted by Gasteiger charge is -2.36. The van der Waals surface area contributed by atoms with E-state index in [1.54, 1.807) is 0 Å². The molecule has 0 radical (unpaired) electrons. The maximum Gasteiger partial charge on any atom is 0.419 e. The summed E-state index contributed by atoms with van der Waals surface area (Å²) in [6.45, 7) is 3.94. The van der Waals surface area contributed by atoms with E-state index in [9.17, 15) is 17.6 Å². The quantitative estimate of drug-likeness (QED) is 0.430. The number of halogens is 5. The number of methoxy groups -OCH3 is 1. The van der Waals surface area contributed by atoms with E-state index in [2.05, 4.69) is 24.8 Å². The number of hydrogen-bond acceptors (Lipinski definition) is 8. The number of nitrogens with two attached hydrogens (primary N) is 1. The van der Waals surface area contributed by atoms with Gasteiger partial charge in [0.25, 0.3) is 0 Å². The molecule has 6 heterocycles. The fourth-order valence-corrected chi connectivity index (χ4v) is 7.56. The molecule has 2 aromatic rings. The summed E-state index contributed by atoms with van der Waals surface area (Å²) in [5, 5.41) is -0.501. The van der Waals surface area contributed by atoms with E-state index in [-0.39, 0.29) is 30.5 Å². The van der Waals surface area contributed by atoms with Gasteiger partial charge in [-0.05, 0) is 68.5 Å². The topological polar surface area (TPSA) is 89.6 Å². The smallest absolute Gasteiger partial charge is 0.419 e. The van der Waals surface area contributed by atoms with Crippen LogP contribution in [0.5, 0.6) is 6.01 Å². The van der Waals surface area contributed by atoms with E-state index < -0.39 is 22.9 Å². The van der Waals surface area contributed by atoms with Crippen LogP contribution in [-0.4, -0.2) is 59.2 Å². The van der Waals surface area contributed by atoms with Crippen LogP contribution in [0.2, 0.25) is 5.02 Å². The molecule has 2 N–H and O–H groups in total. The second kappa shape index (κ2) is 11.8. The van der Waals surface area contributed by atoms with Crippen LogP contribution in [-0.2, 0) is 23.9 Å². The number of hydrogen-bond donors (Lipinski definition) is 1. The summed E-state index contributed by atoms with van der Waals surface area (Å²) >= 11 is 5.90. The van der Waals surface area contributed by atoms with Crippen molar-refractivity contribution in [1.82, 2.24) is 19.9 Å². The van der Waals surface area contributed by atoms with Crippen molar-refractivity contribution in [2.45, 2.75) is 69.9 Å². The Morgan fingerprint density at radius 3 is 2.55 bits per heavy atom. The zero-order chi connectivity index (χ0) is 29.6. The maximum absolute atomic E-state index is 13.7. The molecule has 4 atom stereocenters. The fourth-order valence-electron chi connectivity index (χ4n) is 7.25. The molecule has 2 bridgehead atoms. The van der Waals surface area contributed by atoms with E-state index in [1.807, 2.05) is 0 Å². The minimum absolute atomic E-state index is 0.0660. The Bertz CT molecular complexity index is 1330. The summed E-state index contributed by atoms with van der Waals surface area (Å²) in [4.78, 5) is 17.6. The normalized spacial score (nSPS) is 28.0. The molecule has 3 saturated heterocycles. The zero-order valence-electron chi connectivity index (χ0n) is 23.5. The molecule has 0 aromatic carbocycles. The largest absolute Gasteiger partial charge is 0.467 e. The Kier molecular flexibility index (Phi) is 8.23. The van der Waals surface area contributed by atoms with Crippen LogP contribution < -0.4 is 15.4 Å². The van der Waals surface area contributed by atoms with Crippen molar-refractivity contribution in [1.29, 1.82) is 0 Å². The van der Waals surface area contributed by atoms with Crippen LogP contribution in [0.25, 0.3) is 0 Å². The molecule has 13 heteroatoms. The van der Waals surface area contributed by atoms with Gasteiger partial charge < -0.3 is 20.1 Å². The molecule has 4 unspecified atom stereocenters. The maximum atomic E-state index is 13.7. The van der Waals surface area contributed by atoms with Crippen LogP contribution in [0, 0.1) is 11.8 Å². The first-order valence-corrected chi connectivity index (χ1v) is 14.9. The number of rotatable bonds is 3. The van der Waals surface area contributed by atoms with E-state index in [1.165, 1.54) is 45.8 Å². The number of fused-ring (bicyclic) bond motifs is 4. The van der Waals surface area contributed by atoms with Crippen LogP contribution >= 0.6 is 11.6 Å². The Morgan fingerprint density at radius 2 is 1.88 bits per heavy atom. The van der Waals surface area contributed by atoms with Gasteiger partial charge in [0, 0.05) is 37.7 Å². The predicted octanol–water partition coefficient (Wildman–Crippen LogP) is 5.89. The third kappa shape index (κ3) is 5.90. The van der Waals surface area contributed by atoms with Crippen molar-refractivity contribution in [3.8, 4) is 6.01 Å². The number of alkyl halides is 3. The van der Waals surface area contributed by atoms with Gasteiger partial charge in [0.1, 0.15) is 17.7 Å². The molecular formula is C29H35ClF4N6O2. The van der Waals surface area contributed by atoms with Crippen molar-refractivity contribution < 1.29 is 27.0 Å². The van der Waals surface area contributed by atoms with Crippen molar-refractivity contribution in [2.24, 2.45) is 11.8 Å². The lowest BCUT2D eigenvalue weighted by Crippen LogP contribution is -2.38. The van der Waals surface area contributed by atoms with Gasteiger partial charge in [0.05, 0.1) is 42.0 Å². The molecule has 4 fully saturated rings. The van der Waals surface area contributed by atoms with E-state index in [0.29, 0.717) is 23.6 Å². The Morgan fingerprint density at radius 1 is 1.12 bits per heavy atom. The molecule has 228 valence electrons. The van der Waals surface area contributed by atoms with Gasteiger partial charge in [-0.2, -0.15) is 23.1 Å². The van der Waals surface area contributed by atoms with Crippen molar-refractivity contribution >= 4 is 23.2 Å². The number of pyridine rings is 1. The Balaban J connectivity index is 0.000000265. The first-order valence-electron chi connectivity index (χ1n) is 14.5. The van der Waals surface area contributed by atoms with Crippen LogP contribution in [0.4, 0.5) is 29.2 Å². The van der Waals surface area contributed by atoms with Crippen molar-refractivity contribution in [3.63, 3.8) is 0 Å². The van der Waals surface area contributed by atoms with Crippen molar-refractivity contribution in [2.75, 3.05) is 43.9 Å². The lowest BCUT2D eigenvalue weighted by molar-refractivity contribution is -0.140. The predicted molar refractivity (Wildman–Crippen MR) is 150 cm³/mol. The molecular weight excluding hydrogens is 576 g/mol. The standard InChI is InChI=1S/C21H23ClF3N5O2.C8H12FN/c1-31-20-27-14-6-15(18-17(21(23,24)25)13(22)5-16(26)28-18)32-9-12(14)19(29-20)30-7-10-2-3-11(4-10)8-30;9-5-7-4-8-2-1-3-10(8)6-7/h5,10-11,15H,2-4,6-9H2,1H3,(H2,26,28);5,8H,1-4,6H2/b;7-5-. The highest BCUT2D eigenvalue weighted by Crippen LogP contribution is 2.44.